The topological polar surface area (TPSA) is 76.1 Å². The number of rotatable bonds is 6. The van der Waals surface area contributed by atoms with Crippen molar-refractivity contribution in [2.24, 2.45) is 0 Å². The summed E-state index contributed by atoms with van der Waals surface area (Å²) in [6.45, 7) is 0.462. The molecule has 0 spiro atoms. The van der Waals surface area contributed by atoms with Gasteiger partial charge in [-0.2, -0.15) is 0 Å². The molecule has 1 saturated heterocycles. The van der Waals surface area contributed by atoms with E-state index in [1.54, 1.807) is 4.90 Å². The second kappa shape index (κ2) is 9.24. The number of carbonyl (C=O) groups excluding carboxylic acids is 1. The van der Waals surface area contributed by atoms with Gasteiger partial charge in [-0.25, -0.2) is 9.59 Å². The van der Waals surface area contributed by atoms with Gasteiger partial charge in [0.15, 0.2) is 0 Å². The Hall–Kier alpha value is -3.16. The Balaban J connectivity index is 1.31. The van der Waals surface area contributed by atoms with Gasteiger partial charge in [0.25, 0.3) is 0 Å². The number of benzene rings is 3. The van der Waals surface area contributed by atoms with Gasteiger partial charge in [-0.05, 0) is 39.9 Å². The van der Waals surface area contributed by atoms with Crippen molar-refractivity contribution >= 4 is 28.0 Å². The maximum Gasteiger partial charge on any atom is 0.409 e. The third kappa shape index (κ3) is 4.21. The largest absolute Gasteiger partial charge is 0.480 e. The molecule has 1 aliphatic carbocycles. The van der Waals surface area contributed by atoms with Crippen molar-refractivity contribution < 1.29 is 24.2 Å². The van der Waals surface area contributed by atoms with Crippen molar-refractivity contribution in [2.45, 2.75) is 17.9 Å². The van der Waals surface area contributed by atoms with E-state index in [1.807, 2.05) is 48.5 Å². The summed E-state index contributed by atoms with van der Waals surface area (Å²) >= 11 is 3.43. The van der Waals surface area contributed by atoms with E-state index in [0.717, 1.165) is 21.2 Å². The summed E-state index contributed by atoms with van der Waals surface area (Å²) < 4.78 is 12.6. The molecule has 0 aromatic heterocycles. The third-order valence-electron chi connectivity index (χ3n) is 6.67. The number of halogens is 1. The lowest BCUT2D eigenvalue weighted by atomic mass is 9.92. The second-order valence-electron chi connectivity index (χ2n) is 8.66. The molecule has 5 rings (SSSR count). The highest BCUT2D eigenvalue weighted by Crippen LogP contribution is 2.44. The predicted octanol–water partition coefficient (Wildman–Crippen LogP) is 5.40. The molecule has 0 saturated carbocycles. The molecule has 0 bridgehead atoms. The van der Waals surface area contributed by atoms with Gasteiger partial charge in [-0.3, -0.25) is 0 Å². The Morgan fingerprint density at radius 3 is 2.21 bits per heavy atom. The van der Waals surface area contributed by atoms with E-state index in [2.05, 4.69) is 40.2 Å². The summed E-state index contributed by atoms with van der Waals surface area (Å²) in [5.74, 6) is -1.06. The fraction of sp³-hybridized carbons (Fsp3) is 0.259. The van der Waals surface area contributed by atoms with Crippen LogP contribution in [-0.4, -0.2) is 48.4 Å². The Labute approximate surface area is 206 Å². The summed E-state index contributed by atoms with van der Waals surface area (Å²) in [5, 5.41) is 9.18. The Kier molecular flexibility index (Phi) is 6.15. The normalized spacial score (nSPS) is 19.0. The van der Waals surface area contributed by atoms with E-state index < -0.39 is 24.3 Å². The highest BCUT2D eigenvalue weighted by Gasteiger charge is 2.44. The van der Waals surface area contributed by atoms with Gasteiger partial charge < -0.3 is 19.5 Å². The molecule has 6 nitrogen and oxygen atoms in total. The van der Waals surface area contributed by atoms with Crippen LogP contribution in [0.4, 0.5) is 4.79 Å². The quantitative estimate of drug-likeness (QED) is 0.469. The summed E-state index contributed by atoms with van der Waals surface area (Å²) in [7, 11) is 0. The monoisotopic (exact) mass is 521 g/mol. The molecule has 1 unspecified atom stereocenters. The second-order valence-corrected chi connectivity index (χ2v) is 9.57. The first-order valence-corrected chi connectivity index (χ1v) is 12.0. The number of aliphatic carboxylic acids is 1. The van der Waals surface area contributed by atoms with Gasteiger partial charge in [0, 0.05) is 23.4 Å². The summed E-state index contributed by atoms with van der Waals surface area (Å²) in [6.07, 6.45) is 0.0753. The molecule has 7 heteroatoms. The molecule has 1 fully saturated rings. The maximum absolute atomic E-state index is 13.1. The van der Waals surface area contributed by atoms with Gasteiger partial charge in [0.05, 0.1) is 6.54 Å². The minimum Gasteiger partial charge on any atom is -0.480 e. The standard InChI is InChI=1S/C27H24BrNO5/c28-19-11-9-18(10-12-19)27(34-16-25(30)31)13-14-29(17-27)26(32)33-15-24-22-7-3-1-5-20(22)21-6-2-4-8-23(21)24/h1-12,24H,13-17H2,(H,30,31). The lowest BCUT2D eigenvalue weighted by molar-refractivity contribution is -0.149. The number of likely N-dealkylation sites (tertiary alicyclic amines) is 1. The van der Waals surface area contributed by atoms with Crippen LogP contribution < -0.4 is 0 Å². The highest BCUT2D eigenvalue weighted by molar-refractivity contribution is 9.10. The van der Waals surface area contributed by atoms with E-state index in [9.17, 15) is 14.7 Å². The molecule has 3 aromatic rings. The molecular formula is C27H24BrNO5. The minimum absolute atomic E-state index is 0.0153. The van der Waals surface area contributed by atoms with Gasteiger partial charge in [0.2, 0.25) is 0 Å². The van der Waals surface area contributed by atoms with Crippen LogP contribution in [0.25, 0.3) is 11.1 Å². The van der Waals surface area contributed by atoms with Gasteiger partial charge in [-0.1, -0.05) is 76.6 Å². The Morgan fingerprint density at radius 2 is 1.59 bits per heavy atom. The SMILES string of the molecule is O=C(O)COC1(c2ccc(Br)cc2)CCN(C(=O)OCC2c3ccccc3-c3ccccc32)C1. The van der Waals surface area contributed by atoms with E-state index in [0.29, 0.717) is 13.0 Å². The van der Waals surface area contributed by atoms with Crippen LogP contribution in [0.1, 0.15) is 29.0 Å². The van der Waals surface area contributed by atoms with Crippen LogP contribution in [-0.2, 0) is 19.9 Å². The number of fused-ring (bicyclic) bond motifs is 3. The van der Waals surface area contributed by atoms with E-state index in [-0.39, 0.29) is 19.1 Å². The van der Waals surface area contributed by atoms with Crippen LogP contribution in [0.5, 0.6) is 0 Å². The summed E-state index contributed by atoms with van der Waals surface area (Å²) in [5.41, 5.74) is 4.63. The number of nitrogens with zero attached hydrogens (tertiary/aromatic N) is 1. The van der Waals surface area contributed by atoms with Crippen molar-refractivity contribution in [1.29, 1.82) is 0 Å². The molecule has 0 radical (unpaired) electrons. The van der Waals surface area contributed by atoms with Gasteiger partial charge in [-0.15, -0.1) is 0 Å². The van der Waals surface area contributed by atoms with Crippen molar-refractivity contribution in [3.8, 4) is 11.1 Å². The fourth-order valence-electron chi connectivity index (χ4n) is 5.01. The van der Waals surface area contributed by atoms with Crippen molar-refractivity contribution in [2.75, 3.05) is 26.3 Å². The molecule has 1 atom stereocenters. The number of hydrogen-bond acceptors (Lipinski definition) is 4. The van der Waals surface area contributed by atoms with Crippen LogP contribution in [0, 0.1) is 0 Å². The van der Waals surface area contributed by atoms with Gasteiger partial charge in [0.1, 0.15) is 18.8 Å². The molecule has 1 amide bonds. The molecule has 1 N–H and O–H groups in total. The molecule has 34 heavy (non-hydrogen) atoms. The smallest absolute Gasteiger partial charge is 0.409 e. The first-order chi connectivity index (χ1) is 16.5. The number of amides is 1. The average Bonchev–Trinajstić information content (AvgIpc) is 3.43. The highest BCUT2D eigenvalue weighted by atomic mass is 79.9. The Bertz CT molecular complexity index is 1180. The van der Waals surface area contributed by atoms with Crippen LogP contribution >= 0.6 is 15.9 Å². The number of carboxylic acid groups (broad SMARTS) is 1. The Morgan fingerprint density at radius 1 is 0.971 bits per heavy atom. The molecule has 2 aliphatic rings. The molecular weight excluding hydrogens is 498 g/mol. The molecule has 3 aromatic carbocycles. The van der Waals surface area contributed by atoms with Crippen LogP contribution in [0.2, 0.25) is 0 Å². The van der Waals surface area contributed by atoms with E-state index in [4.69, 9.17) is 9.47 Å². The zero-order valence-electron chi connectivity index (χ0n) is 18.4. The lowest BCUT2D eigenvalue weighted by Crippen LogP contribution is -2.38. The van der Waals surface area contributed by atoms with Crippen molar-refractivity contribution in [3.05, 3.63) is 94.0 Å². The lowest BCUT2D eigenvalue weighted by Gasteiger charge is -2.29. The predicted molar refractivity (Wildman–Crippen MR) is 131 cm³/mol. The number of carboxylic acids is 1. The zero-order chi connectivity index (χ0) is 23.7. The first kappa shape index (κ1) is 22.6. The number of carbonyl (C=O) groups is 2. The average molecular weight is 522 g/mol. The van der Waals surface area contributed by atoms with Crippen molar-refractivity contribution in [3.63, 3.8) is 0 Å². The summed E-state index contributed by atoms with van der Waals surface area (Å²) in [4.78, 5) is 25.9. The number of hydrogen-bond donors (Lipinski definition) is 1. The van der Waals surface area contributed by atoms with Crippen molar-refractivity contribution in [1.82, 2.24) is 4.90 Å². The summed E-state index contributed by atoms with van der Waals surface area (Å²) in [6, 6.07) is 24.0. The first-order valence-electron chi connectivity index (χ1n) is 11.2. The van der Waals surface area contributed by atoms with E-state index in [1.165, 1.54) is 11.1 Å². The molecule has 1 heterocycles. The maximum atomic E-state index is 13.1. The van der Waals surface area contributed by atoms with E-state index >= 15 is 0 Å². The van der Waals surface area contributed by atoms with Crippen LogP contribution in [0.15, 0.2) is 77.3 Å². The fourth-order valence-corrected chi connectivity index (χ4v) is 5.28. The minimum atomic E-state index is -1.05. The third-order valence-corrected chi connectivity index (χ3v) is 7.20. The van der Waals surface area contributed by atoms with Gasteiger partial charge >= 0.3 is 12.1 Å². The van der Waals surface area contributed by atoms with Crippen LogP contribution in [0.3, 0.4) is 0 Å². The number of ether oxygens (including phenoxy) is 2. The molecule has 1 aliphatic heterocycles. The molecule has 174 valence electrons. The zero-order valence-corrected chi connectivity index (χ0v) is 20.0.